The summed E-state index contributed by atoms with van der Waals surface area (Å²) < 4.78 is 5.46. The van der Waals surface area contributed by atoms with Crippen LogP contribution in [0.3, 0.4) is 0 Å². The largest absolute Gasteiger partial charge is 0.376 e. The quantitative estimate of drug-likeness (QED) is 0.763. The Morgan fingerprint density at radius 3 is 3.35 bits per heavy atom. The lowest BCUT2D eigenvalue weighted by Crippen LogP contribution is -2.44. The fraction of sp³-hybridized carbons (Fsp3) is 0.583. The molecule has 0 bridgehead atoms. The summed E-state index contributed by atoms with van der Waals surface area (Å²) in [5.74, 6) is 0.237. The van der Waals surface area contributed by atoms with E-state index in [0.29, 0.717) is 6.61 Å². The van der Waals surface area contributed by atoms with Gasteiger partial charge in [-0.1, -0.05) is 0 Å². The van der Waals surface area contributed by atoms with Crippen LogP contribution in [-0.2, 0) is 17.8 Å². The van der Waals surface area contributed by atoms with E-state index in [1.54, 1.807) is 11.3 Å². The molecule has 0 aliphatic carbocycles. The SMILES string of the molecule is O=C1c2c(sc3c2CCOC3)NC2CCCN12. The van der Waals surface area contributed by atoms with E-state index >= 15 is 0 Å². The van der Waals surface area contributed by atoms with Gasteiger partial charge in [0, 0.05) is 11.4 Å². The summed E-state index contributed by atoms with van der Waals surface area (Å²) in [5.41, 5.74) is 2.17. The molecular weight excluding hydrogens is 236 g/mol. The van der Waals surface area contributed by atoms with Crippen molar-refractivity contribution in [1.82, 2.24) is 4.90 Å². The fourth-order valence-electron chi connectivity index (χ4n) is 3.01. The molecule has 3 aliphatic rings. The lowest BCUT2D eigenvalue weighted by atomic mass is 10.0. The maximum atomic E-state index is 12.5. The summed E-state index contributed by atoms with van der Waals surface area (Å²) >= 11 is 1.71. The molecule has 90 valence electrons. The van der Waals surface area contributed by atoms with Crippen LogP contribution in [0.25, 0.3) is 0 Å². The predicted octanol–water partition coefficient (Wildman–Crippen LogP) is 1.81. The molecular formula is C12H14N2O2S. The summed E-state index contributed by atoms with van der Waals surface area (Å²) in [5, 5.41) is 4.59. The first-order valence-corrected chi connectivity index (χ1v) is 6.96. The van der Waals surface area contributed by atoms with Gasteiger partial charge in [-0.15, -0.1) is 11.3 Å². The molecule has 1 aromatic heterocycles. The zero-order chi connectivity index (χ0) is 11.4. The topological polar surface area (TPSA) is 41.6 Å². The second-order valence-electron chi connectivity index (χ2n) is 4.81. The zero-order valence-electron chi connectivity index (χ0n) is 9.49. The van der Waals surface area contributed by atoms with E-state index in [9.17, 15) is 4.79 Å². The molecule has 4 heterocycles. The minimum Gasteiger partial charge on any atom is -0.376 e. The number of hydrogen-bond acceptors (Lipinski definition) is 4. The van der Waals surface area contributed by atoms with E-state index in [2.05, 4.69) is 5.32 Å². The second-order valence-corrected chi connectivity index (χ2v) is 5.92. The molecule has 0 saturated carbocycles. The number of carbonyl (C=O) groups excluding carboxylic acids is 1. The third kappa shape index (κ3) is 1.29. The van der Waals surface area contributed by atoms with Crippen LogP contribution in [0.5, 0.6) is 0 Å². The highest BCUT2D eigenvalue weighted by Crippen LogP contribution is 2.41. The van der Waals surface area contributed by atoms with Crippen molar-refractivity contribution in [2.24, 2.45) is 0 Å². The van der Waals surface area contributed by atoms with Gasteiger partial charge in [-0.25, -0.2) is 0 Å². The average molecular weight is 250 g/mol. The number of nitrogens with zero attached hydrogens (tertiary/aromatic N) is 1. The van der Waals surface area contributed by atoms with Gasteiger partial charge in [0.05, 0.1) is 18.8 Å². The first kappa shape index (κ1) is 9.91. The lowest BCUT2D eigenvalue weighted by molar-refractivity contribution is 0.0736. The van der Waals surface area contributed by atoms with Crippen LogP contribution >= 0.6 is 11.3 Å². The van der Waals surface area contributed by atoms with E-state index < -0.39 is 0 Å². The van der Waals surface area contributed by atoms with Gasteiger partial charge in [-0.2, -0.15) is 0 Å². The predicted molar refractivity (Wildman–Crippen MR) is 65.4 cm³/mol. The smallest absolute Gasteiger partial charge is 0.258 e. The molecule has 1 aromatic rings. The van der Waals surface area contributed by atoms with Gasteiger partial charge >= 0.3 is 0 Å². The Bertz CT molecular complexity index is 497. The number of thiophene rings is 1. The van der Waals surface area contributed by atoms with Gasteiger partial charge < -0.3 is 15.0 Å². The van der Waals surface area contributed by atoms with Crippen molar-refractivity contribution in [3.8, 4) is 0 Å². The molecule has 17 heavy (non-hydrogen) atoms. The summed E-state index contributed by atoms with van der Waals surface area (Å²) in [4.78, 5) is 15.7. The van der Waals surface area contributed by atoms with Crippen molar-refractivity contribution in [3.63, 3.8) is 0 Å². The van der Waals surface area contributed by atoms with E-state index in [1.165, 1.54) is 10.4 Å². The minimum absolute atomic E-state index is 0.232. The van der Waals surface area contributed by atoms with Gasteiger partial charge in [0.25, 0.3) is 5.91 Å². The van der Waals surface area contributed by atoms with Crippen molar-refractivity contribution in [2.45, 2.75) is 32.0 Å². The molecule has 1 amide bonds. The van der Waals surface area contributed by atoms with E-state index in [0.717, 1.165) is 43.0 Å². The summed E-state index contributed by atoms with van der Waals surface area (Å²) in [6.07, 6.45) is 3.30. The highest BCUT2D eigenvalue weighted by Gasteiger charge is 2.39. The number of ether oxygens (including phenoxy) is 1. The Morgan fingerprint density at radius 1 is 1.47 bits per heavy atom. The van der Waals surface area contributed by atoms with Crippen LogP contribution in [0.2, 0.25) is 0 Å². The summed E-state index contributed by atoms with van der Waals surface area (Å²) in [6, 6.07) is 0. The number of hydrogen-bond donors (Lipinski definition) is 1. The fourth-order valence-corrected chi connectivity index (χ4v) is 4.24. The van der Waals surface area contributed by atoms with E-state index in [1.807, 2.05) is 4.90 Å². The zero-order valence-corrected chi connectivity index (χ0v) is 10.3. The van der Waals surface area contributed by atoms with Crippen molar-refractivity contribution in [1.29, 1.82) is 0 Å². The Balaban J connectivity index is 1.84. The van der Waals surface area contributed by atoms with Gasteiger partial charge in [-0.05, 0) is 24.8 Å². The maximum Gasteiger partial charge on any atom is 0.258 e. The minimum atomic E-state index is 0.232. The number of nitrogens with one attached hydrogen (secondary N) is 1. The monoisotopic (exact) mass is 250 g/mol. The highest BCUT2D eigenvalue weighted by atomic mass is 32.1. The van der Waals surface area contributed by atoms with Crippen molar-refractivity contribution in [3.05, 3.63) is 16.0 Å². The molecule has 0 aromatic carbocycles. The van der Waals surface area contributed by atoms with Crippen molar-refractivity contribution >= 4 is 22.2 Å². The first-order chi connectivity index (χ1) is 8.34. The Morgan fingerprint density at radius 2 is 2.41 bits per heavy atom. The normalized spacial score (nSPS) is 26.2. The third-order valence-electron chi connectivity index (χ3n) is 3.85. The summed E-state index contributed by atoms with van der Waals surface area (Å²) in [6.45, 7) is 2.32. The molecule has 4 rings (SSSR count). The molecule has 1 atom stereocenters. The average Bonchev–Trinajstić information content (AvgIpc) is 2.92. The van der Waals surface area contributed by atoms with Crippen LogP contribution in [-0.4, -0.2) is 30.1 Å². The molecule has 0 radical (unpaired) electrons. The molecule has 5 heteroatoms. The van der Waals surface area contributed by atoms with Crippen molar-refractivity contribution < 1.29 is 9.53 Å². The Labute approximate surface area is 104 Å². The highest BCUT2D eigenvalue weighted by molar-refractivity contribution is 7.16. The Hall–Kier alpha value is -1.07. The number of carbonyl (C=O) groups is 1. The van der Waals surface area contributed by atoms with Crippen LogP contribution in [0.1, 0.15) is 33.6 Å². The van der Waals surface area contributed by atoms with Crippen LogP contribution in [0.4, 0.5) is 5.00 Å². The number of amides is 1. The molecule has 1 N–H and O–H groups in total. The second kappa shape index (κ2) is 3.46. The standard InChI is InChI=1S/C12H14N2O2S/c15-12-10-7-3-5-16-6-8(7)17-11(10)13-9-2-1-4-14(9)12/h9,13H,1-6H2. The van der Waals surface area contributed by atoms with Gasteiger partial charge in [0.2, 0.25) is 0 Å². The molecule has 1 saturated heterocycles. The molecule has 3 aliphatic heterocycles. The van der Waals surface area contributed by atoms with E-state index in [4.69, 9.17) is 4.74 Å². The van der Waals surface area contributed by atoms with Gasteiger partial charge in [-0.3, -0.25) is 4.79 Å². The van der Waals surface area contributed by atoms with Crippen LogP contribution in [0, 0.1) is 0 Å². The number of anilines is 1. The maximum absolute atomic E-state index is 12.5. The first-order valence-electron chi connectivity index (χ1n) is 6.14. The molecule has 4 nitrogen and oxygen atoms in total. The van der Waals surface area contributed by atoms with Gasteiger partial charge in [0.1, 0.15) is 11.2 Å². The summed E-state index contributed by atoms with van der Waals surface area (Å²) in [7, 11) is 0. The molecule has 0 spiro atoms. The van der Waals surface area contributed by atoms with Crippen molar-refractivity contribution in [2.75, 3.05) is 18.5 Å². The number of rotatable bonds is 0. The van der Waals surface area contributed by atoms with Crippen LogP contribution < -0.4 is 5.32 Å². The van der Waals surface area contributed by atoms with E-state index in [-0.39, 0.29) is 12.1 Å². The van der Waals surface area contributed by atoms with Crippen LogP contribution in [0.15, 0.2) is 0 Å². The van der Waals surface area contributed by atoms with Gasteiger partial charge in [0.15, 0.2) is 0 Å². The third-order valence-corrected chi connectivity index (χ3v) is 4.98. The Kier molecular flexibility index (Phi) is 2.02. The number of fused-ring (bicyclic) bond motifs is 4. The molecule has 1 fully saturated rings. The lowest BCUT2D eigenvalue weighted by Gasteiger charge is -2.31. The molecule has 1 unspecified atom stereocenters.